The molecule has 0 aliphatic heterocycles. The molecule has 0 heterocycles. The van der Waals surface area contributed by atoms with Gasteiger partial charge in [-0.05, 0) is 42.9 Å². The highest BCUT2D eigenvalue weighted by atomic mass is 32.1. The van der Waals surface area contributed by atoms with Gasteiger partial charge in [0.05, 0.1) is 0 Å². The van der Waals surface area contributed by atoms with Crippen LogP contribution in [0.25, 0.3) is 0 Å². The Morgan fingerprint density at radius 2 is 2.11 bits per heavy atom. The van der Waals surface area contributed by atoms with Gasteiger partial charge in [0.15, 0.2) is 0 Å². The van der Waals surface area contributed by atoms with Gasteiger partial charge in [0.1, 0.15) is 11.8 Å². The van der Waals surface area contributed by atoms with Crippen LogP contribution in [0.1, 0.15) is 22.3 Å². The number of nitrogens with one attached hydrogen (secondary N) is 1. The zero-order valence-corrected chi connectivity index (χ0v) is 10.8. The molecule has 0 spiro atoms. The summed E-state index contributed by atoms with van der Waals surface area (Å²) >= 11 is 3.95. The normalized spacial score (nSPS) is 11.9. The van der Waals surface area contributed by atoms with Gasteiger partial charge in [0.2, 0.25) is 0 Å². The maximum Gasteiger partial charge on any atom is 0.326 e. The smallest absolute Gasteiger partial charge is 0.326 e. The molecular weight excluding hydrogens is 254 g/mol. The van der Waals surface area contributed by atoms with Gasteiger partial charge in [-0.1, -0.05) is 0 Å². The predicted octanol–water partition coefficient (Wildman–Crippen LogP) is 1.20. The summed E-state index contributed by atoms with van der Waals surface area (Å²) in [6.45, 7) is 1.66. The Morgan fingerprint density at radius 1 is 1.44 bits per heavy atom. The molecule has 1 rings (SSSR count). The summed E-state index contributed by atoms with van der Waals surface area (Å²) in [7, 11) is 0. The summed E-state index contributed by atoms with van der Waals surface area (Å²) in [5.41, 5.74) is 0.874. The van der Waals surface area contributed by atoms with Gasteiger partial charge >= 0.3 is 5.97 Å². The summed E-state index contributed by atoms with van der Waals surface area (Å²) in [4.78, 5) is 22.7. The van der Waals surface area contributed by atoms with E-state index in [2.05, 4.69) is 17.9 Å². The molecule has 18 heavy (non-hydrogen) atoms. The molecule has 98 valence electrons. The van der Waals surface area contributed by atoms with Crippen molar-refractivity contribution in [3.8, 4) is 5.75 Å². The second-order valence-corrected chi connectivity index (χ2v) is 4.33. The van der Waals surface area contributed by atoms with Crippen LogP contribution in [-0.4, -0.2) is 33.9 Å². The molecule has 1 aromatic carbocycles. The van der Waals surface area contributed by atoms with Crippen molar-refractivity contribution in [2.45, 2.75) is 19.4 Å². The van der Waals surface area contributed by atoms with Gasteiger partial charge in [0, 0.05) is 5.56 Å². The molecule has 1 unspecified atom stereocenters. The highest BCUT2D eigenvalue weighted by Gasteiger charge is 2.19. The van der Waals surface area contributed by atoms with Gasteiger partial charge < -0.3 is 15.5 Å². The number of carboxylic acids is 1. The molecule has 0 aliphatic carbocycles. The largest absolute Gasteiger partial charge is 0.508 e. The number of hydrogen-bond donors (Lipinski definition) is 4. The van der Waals surface area contributed by atoms with Crippen molar-refractivity contribution in [2.24, 2.45) is 0 Å². The molecule has 1 aromatic rings. The average Bonchev–Trinajstić information content (AvgIpc) is 2.31. The van der Waals surface area contributed by atoms with Gasteiger partial charge in [-0.25, -0.2) is 4.79 Å². The lowest BCUT2D eigenvalue weighted by Gasteiger charge is -2.13. The number of hydrogen-bond acceptors (Lipinski definition) is 4. The predicted molar refractivity (Wildman–Crippen MR) is 70.2 cm³/mol. The molecule has 5 nitrogen and oxygen atoms in total. The number of aryl methyl sites for hydroxylation is 1. The summed E-state index contributed by atoms with van der Waals surface area (Å²) in [5, 5.41) is 20.7. The maximum absolute atomic E-state index is 11.8. The van der Waals surface area contributed by atoms with Gasteiger partial charge in [0.25, 0.3) is 5.91 Å². The van der Waals surface area contributed by atoms with Crippen LogP contribution in [0.15, 0.2) is 18.2 Å². The number of amides is 1. The number of aromatic hydroxyl groups is 1. The molecule has 0 saturated carbocycles. The fourth-order valence-corrected chi connectivity index (χ4v) is 1.68. The van der Waals surface area contributed by atoms with Crippen molar-refractivity contribution < 1.29 is 19.8 Å². The van der Waals surface area contributed by atoms with Gasteiger partial charge in [-0.3, -0.25) is 4.79 Å². The number of carboxylic acid groups (broad SMARTS) is 1. The Hall–Kier alpha value is -1.69. The first-order valence-electron chi connectivity index (χ1n) is 5.40. The van der Waals surface area contributed by atoms with Crippen LogP contribution in [0.5, 0.6) is 5.75 Å². The fourth-order valence-electron chi connectivity index (χ4n) is 1.42. The number of benzene rings is 1. The van der Waals surface area contributed by atoms with Crippen molar-refractivity contribution in [2.75, 3.05) is 5.75 Å². The van der Waals surface area contributed by atoms with Crippen molar-refractivity contribution >= 4 is 24.5 Å². The summed E-state index contributed by atoms with van der Waals surface area (Å²) < 4.78 is 0. The number of carbonyl (C=O) groups excluding carboxylic acids is 1. The highest BCUT2D eigenvalue weighted by molar-refractivity contribution is 7.80. The SMILES string of the molecule is Cc1cc(C(=O)NC(CCS)C(=O)O)ccc1O. The fraction of sp³-hybridized carbons (Fsp3) is 0.333. The van der Waals surface area contributed by atoms with E-state index in [4.69, 9.17) is 5.11 Å². The third kappa shape index (κ3) is 3.66. The molecule has 1 atom stereocenters. The zero-order valence-electron chi connectivity index (χ0n) is 9.88. The van der Waals surface area contributed by atoms with Crippen LogP contribution < -0.4 is 5.32 Å². The lowest BCUT2D eigenvalue weighted by atomic mass is 10.1. The van der Waals surface area contributed by atoms with E-state index in [9.17, 15) is 14.7 Å². The Kier molecular flexibility index (Phi) is 5.03. The lowest BCUT2D eigenvalue weighted by Crippen LogP contribution is -2.41. The van der Waals surface area contributed by atoms with E-state index < -0.39 is 17.9 Å². The molecule has 1 amide bonds. The summed E-state index contributed by atoms with van der Waals surface area (Å²) in [6, 6.07) is 3.39. The Balaban J connectivity index is 2.80. The number of phenols is 1. The van der Waals surface area contributed by atoms with E-state index in [0.717, 1.165) is 0 Å². The lowest BCUT2D eigenvalue weighted by molar-refractivity contribution is -0.139. The standard InChI is InChI=1S/C12H15NO4S/c1-7-6-8(2-3-10(7)14)11(15)13-9(4-5-18)12(16)17/h2-3,6,9,14,18H,4-5H2,1H3,(H,13,15)(H,16,17). The number of thiol groups is 1. The third-order valence-electron chi connectivity index (χ3n) is 2.48. The maximum atomic E-state index is 11.8. The molecule has 0 fully saturated rings. The topological polar surface area (TPSA) is 86.6 Å². The second-order valence-electron chi connectivity index (χ2n) is 3.88. The highest BCUT2D eigenvalue weighted by Crippen LogP contribution is 2.17. The van der Waals surface area contributed by atoms with E-state index in [1.165, 1.54) is 18.2 Å². The van der Waals surface area contributed by atoms with Crippen molar-refractivity contribution in [3.63, 3.8) is 0 Å². The number of phenolic OH excluding ortho intramolecular Hbond substituents is 1. The van der Waals surface area contributed by atoms with Gasteiger partial charge in [-0.2, -0.15) is 12.6 Å². The number of aliphatic carboxylic acids is 1. The average molecular weight is 269 g/mol. The quantitative estimate of drug-likeness (QED) is 0.605. The first-order chi connectivity index (χ1) is 8.45. The van der Waals surface area contributed by atoms with Crippen molar-refractivity contribution in [1.29, 1.82) is 0 Å². The second kappa shape index (κ2) is 6.30. The van der Waals surface area contributed by atoms with Crippen LogP contribution in [-0.2, 0) is 4.79 Å². The first kappa shape index (κ1) is 14.4. The van der Waals surface area contributed by atoms with Crippen LogP contribution in [0, 0.1) is 6.92 Å². The molecule has 0 aromatic heterocycles. The molecule has 3 N–H and O–H groups in total. The van der Waals surface area contributed by atoms with Crippen LogP contribution in [0.3, 0.4) is 0 Å². The van der Waals surface area contributed by atoms with E-state index in [0.29, 0.717) is 16.9 Å². The van der Waals surface area contributed by atoms with E-state index >= 15 is 0 Å². The minimum Gasteiger partial charge on any atom is -0.508 e. The van der Waals surface area contributed by atoms with Crippen LogP contribution in [0.4, 0.5) is 0 Å². The molecule has 6 heteroatoms. The molecule has 0 bridgehead atoms. The van der Waals surface area contributed by atoms with Gasteiger partial charge in [-0.15, -0.1) is 0 Å². The monoisotopic (exact) mass is 269 g/mol. The van der Waals surface area contributed by atoms with Crippen molar-refractivity contribution in [3.05, 3.63) is 29.3 Å². The van der Waals surface area contributed by atoms with E-state index in [1.54, 1.807) is 6.92 Å². The molecular formula is C12H15NO4S. The summed E-state index contributed by atoms with van der Waals surface area (Å²) in [5.74, 6) is -1.11. The molecule has 0 radical (unpaired) electrons. The number of carbonyl (C=O) groups is 2. The minimum absolute atomic E-state index is 0.0942. The Bertz CT molecular complexity index is 461. The Labute approximate surface area is 110 Å². The third-order valence-corrected chi connectivity index (χ3v) is 2.74. The number of rotatable bonds is 5. The first-order valence-corrected chi connectivity index (χ1v) is 6.03. The van der Waals surface area contributed by atoms with Crippen LogP contribution in [0.2, 0.25) is 0 Å². The van der Waals surface area contributed by atoms with E-state index in [1.807, 2.05) is 0 Å². The van der Waals surface area contributed by atoms with Crippen molar-refractivity contribution in [1.82, 2.24) is 5.32 Å². The van der Waals surface area contributed by atoms with E-state index in [-0.39, 0.29) is 12.2 Å². The Morgan fingerprint density at radius 3 is 2.61 bits per heavy atom. The minimum atomic E-state index is -1.09. The zero-order chi connectivity index (χ0) is 13.7. The molecule has 0 aliphatic rings. The van der Waals surface area contributed by atoms with Crippen LogP contribution >= 0.6 is 12.6 Å². The summed E-state index contributed by atoms with van der Waals surface area (Å²) in [6.07, 6.45) is 0.251. The molecule has 0 saturated heterocycles.